The van der Waals surface area contributed by atoms with Gasteiger partial charge in [-0.2, -0.15) is 5.10 Å². The number of benzene rings is 2. The Balaban J connectivity index is 1.89. The smallest absolute Gasteiger partial charge is 0.128 e. The van der Waals surface area contributed by atoms with Crippen molar-refractivity contribution in [3.05, 3.63) is 59.9 Å². The minimum Gasteiger partial charge on any atom is -0.492 e. The molecule has 19 heavy (non-hydrogen) atoms. The number of ether oxygens (including phenoxy) is 1. The highest BCUT2D eigenvalue weighted by Crippen LogP contribution is 2.25. The summed E-state index contributed by atoms with van der Waals surface area (Å²) in [6.07, 6.45) is 0.663. The molecule has 96 valence electrons. The maximum Gasteiger partial charge on any atom is 0.128 e. The average Bonchev–Trinajstić information content (AvgIpc) is 2.46. The van der Waals surface area contributed by atoms with Crippen LogP contribution in [-0.2, 0) is 0 Å². The Bertz CT molecular complexity index is 611. The molecule has 0 aromatic heterocycles. The summed E-state index contributed by atoms with van der Waals surface area (Å²) in [5.41, 5.74) is 5.41. The summed E-state index contributed by atoms with van der Waals surface area (Å²) in [5, 5.41) is 4.36. The van der Waals surface area contributed by atoms with Gasteiger partial charge < -0.3 is 4.74 Å². The van der Waals surface area contributed by atoms with Gasteiger partial charge in [-0.1, -0.05) is 18.2 Å². The molecule has 0 amide bonds. The predicted octanol–water partition coefficient (Wildman–Crippen LogP) is 3.42. The van der Waals surface area contributed by atoms with Gasteiger partial charge in [-0.3, -0.25) is 5.43 Å². The summed E-state index contributed by atoms with van der Waals surface area (Å²) in [7, 11) is 0. The molecule has 3 rings (SSSR count). The lowest BCUT2D eigenvalue weighted by atomic mass is 10.0. The Labute approximate surface area is 110 Å². The first-order valence-electron chi connectivity index (χ1n) is 6.13. The average molecular weight is 256 g/mol. The van der Waals surface area contributed by atoms with Crippen LogP contribution in [0.5, 0.6) is 5.75 Å². The van der Waals surface area contributed by atoms with Gasteiger partial charge in [0.15, 0.2) is 0 Å². The third-order valence-electron chi connectivity index (χ3n) is 2.94. The second-order valence-electron chi connectivity index (χ2n) is 4.28. The van der Waals surface area contributed by atoms with Gasteiger partial charge in [0.2, 0.25) is 0 Å². The lowest BCUT2D eigenvalue weighted by Crippen LogP contribution is -2.17. The van der Waals surface area contributed by atoms with Gasteiger partial charge in [0.25, 0.3) is 0 Å². The van der Waals surface area contributed by atoms with Gasteiger partial charge in [-0.15, -0.1) is 0 Å². The highest BCUT2D eigenvalue weighted by Gasteiger charge is 2.17. The Morgan fingerprint density at radius 1 is 1.11 bits per heavy atom. The van der Waals surface area contributed by atoms with Crippen LogP contribution in [-0.4, -0.2) is 12.3 Å². The summed E-state index contributed by atoms with van der Waals surface area (Å²) < 4.78 is 18.8. The molecule has 4 heteroatoms. The van der Waals surface area contributed by atoms with Crippen molar-refractivity contribution in [3.8, 4) is 5.75 Å². The molecule has 1 aliphatic rings. The van der Waals surface area contributed by atoms with Crippen molar-refractivity contribution >= 4 is 11.4 Å². The fraction of sp³-hybridized carbons (Fsp3) is 0.133. The molecule has 0 saturated carbocycles. The lowest BCUT2D eigenvalue weighted by Gasteiger charge is -2.19. The highest BCUT2D eigenvalue weighted by atomic mass is 19.1. The van der Waals surface area contributed by atoms with Crippen molar-refractivity contribution in [1.82, 2.24) is 0 Å². The number of fused-ring (bicyclic) bond motifs is 1. The molecule has 0 spiro atoms. The first kappa shape index (κ1) is 11.7. The zero-order chi connectivity index (χ0) is 13.1. The van der Waals surface area contributed by atoms with E-state index in [-0.39, 0.29) is 5.82 Å². The van der Waals surface area contributed by atoms with E-state index in [2.05, 4.69) is 10.5 Å². The van der Waals surface area contributed by atoms with Crippen LogP contribution in [0.25, 0.3) is 0 Å². The van der Waals surface area contributed by atoms with Crippen LogP contribution in [0.1, 0.15) is 12.0 Å². The van der Waals surface area contributed by atoms with E-state index in [0.29, 0.717) is 18.8 Å². The summed E-state index contributed by atoms with van der Waals surface area (Å²) in [6, 6.07) is 14.2. The van der Waals surface area contributed by atoms with E-state index in [9.17, 15) is 4.39 Å². The Hall–Kier alpha value is -2.36. The lowest BCUT2D eigenvalue weighted by molar-refractivity contribution is 0.320. The van der Waals surface area contributed by atoms with Crippen molar-refractivity contribution in [1.29, 1.82) is 0 Å². The number of nitrogens with one attached hydrogen (secondary N) is 1. The number of rotatable bonds is 2. The van der Waals surface area contributed by atoms with Gasteiger partial charge in [0, 0.05) is 12.0 Å². The molecule has 1 heterocycles. The van der Waals surface area contributed by atoms with Crippen molar-refractivity contribution in [3.63, 3.8) is 0 Å². The number of hydrazone groups is 1. The Morgan fingerprint density at radius 2 is 1.95 bits per heavy atom. The largest absolute Gasteiger partial charge is 0.492 e. The molecular formula is C15H13FN2O. The molecule has 0 radical (unpaired) electrons. The number of halogens is 1. The number of hydrogen-bond donors (Lipinski definition) is 1. The third kappa shape index (κ3) is 2.57. The molecular weight excluding hydrogens is 243 g/mol. The predicted molar refractivity (Wildman–Crippen MR) is 73.1 cm³/mol. The normalized spacial score (nSPS) is 15.7. The first-order chi connectivity index (χ1) is 9.33. The fourth-order valence-corrected chi connectivity index (χ4v) is 2.01. The van der Waals surface area contributed by atoms with Crippen LogP contribution in [0.4, 0.5) is 10.1 Å². The zero-order valence-corrected chi connectivity index (χ0v) is 10.3. The van der Waals surface area contributed by atoms with Crippen molar-refractivity contribution in [2.75, 3.05) is 12.0 Å². The van der Waals surface area contributed by atoms with E-state index in [1.165, 1.54) is 12.1 Å². The molecule has 3 nitrogen and oxygen atoms in total. The molecule has 0 fully saturated rings. The standard InChI is InChI=1S/C15H13FN2O/c16-11-6-7-15-13(10-11)14(8-9-19-15)18-17-12-4-2-1-3-5-12/h1-7,10,17H,8-9H2/b18-14+. The minimum atomic E-state index is -0.281. The van der Waals surface area contributed by atoms with Crippen LogP contribution < -0.4 is 10.2 Å². The maximum absolute atomic E-state index is 13.3. The van der Waals surface area contributed by atoms with Crippen LogP contribution in [0, 0.1) is 5.82 Å². The molecule has 0 unspecified atom stereocenters. The van der Waals surface area contributed by atoms with E-state index in [1.807, 2.05) is 30.3 Å². The van der Waals surface area contributed by atoms with Crippen LogP contribution in [0.2, 0.25) is 0 Å². The van der Waals surface area contributed by atoms with E-state index in [1.54, 1.807) is 6.07 Å². The van der Waals surface area contributed by atoms with E-state index in [0.717, 1.165) is 17.0 Å². The molecule has 0 aliphatic carbocycles. The van der Waals surface area contributed by atoms with Gasteiger partial charge >= 0.3 is 0 Å². The van der Waals surface area contributed by atoms with E-state index in [4.69, 9.17) is 4.74 Å². The van der Waals surface area contributed by atoms with Crippen LogP contribution >= 0.6 is 0 Å². The number of para-hydroxylation sites is 1. The van der Waals surface area contributed by atoms with Gasteiger partial charge in [-0.05, 0) is 30.3 Å². The quantitative estimate of drug-likeness (QED) is 0.835. The van der Waals surface area contributed by atoms with Gasteiger partial charge in [0.05, 0.1) is 18.0 Å². The molecule has 2 aromatic carbocycles. The molecule has 1 N–H and O–H groups in total. The SMILES string of the molecule is Fc1ccc2c(c1)/C(=N/Nc1ccccc1)CCO2. The summed E-state index contributed by atoms with van der Waals surface area (Å²) in [6.45, 7) is 0.563. The summed E-state index contributed by atoms with van der Waals surface area (Å²) in [5.74, 6) is 0.401. The minimum absolute atomic E-state index is 0.281. The van der Waals surface area contributed by atoms with Crippen molar-refractivity contribution in [2.24, 2.45) is 5.10 Å². The van der Waals surface area contributed by atoms with Crippen LogP contribution in [0.15, 0.2) is 53.6 Å². The van der Waals surface area contributed by atoms with Gasteiger partial charge in [0.1, 0.15) is 11.6 Å². The van der Waals surface area contributed by atoms with Gasteiger partial charge in [-0.25, -0.2) is 4.39 Å². The second kappa shape index (κ2) is 5.10. The monoisotopic (exact) mass is 256 g/mol. The van der Waals surface area contributed by atoms with Crippen molar-refractivity contribution in [2.45, 2.75) is 6.42 Å². The summed E-state index contributed by atoms with van der Waals surface area (Å²) in [4.78, 5) is 0. The van der Waals surface area contributed by atoms with E-state index >= 15 is 0 Å². The van der Waals surface area contributed by atoms with Crippen molar-refractivity contribution < 1.29 is 9.13 Å². The number of anilines is 1. The van der Waals surface area contributed by atoms with E-state index < -0.39 is 0 Å². The molecule has 1 aliphatic heterocycles. The number of nitrogens with zero attached hydrogens (tertiary/aromatic N) is 1. The summed E-state index contributed by atoms with van der Waals surface area (Å²) >= 11 is 0. The highest BCUT2D eigenvalue weighted by molar-refractivity contribution is 6.04. The Morgan fingerprint density at radius 3 is 2.79 bits per heavy atom. The first-order valence-corrected chi connectivity index (χ1v) is 6.13. The molecule has 0 bridgehead atoms. The third-order valence-corrected chi connectivity index (χ3v) is 2.94. The molecule has 0 atom stereocenters. The fourth-order valence-electron chi connectivity index (χ4n) is 2.01. The molecule has 2 aromatic rings. The Kier molecular flexibility index (Phi) is 3.14. The molecule has 0 saturated heterocycles. The number of hydrogen-bond acceptors (Lipinski definition) is 3. The zero-order valence-electron chi connectivity index (χ0n) is 10.3. The van der Waals surface area contributed by atoms with Crippen LogP contribution in [0.3, 0.4) is 0 Å². The topological polar surface area (TPSA) is 33.6 Å². The maximum atomic E-state index is 13.3. The second-order valence-corrected chi connectivity index (χ2v) is 4.28.